The van der Waals surface area contributed by atoms with Crippen LogP contribution in [0.3, 0.4) is 0 Å². The number of esters is 1. The van der Waals surface area contributed by atoms with E-state index in [1.807, 2.05) is 48.5 Å². The highest BCUT2D eigenvalue weighted by Gasteiger charge is 2.39. The third kappa shape index (κ3) is 7.23. The lowest BCUT2D eigenvalue weighted by Crippen LogP contribution is -2.45. The normalized spacial score (nSPS) is 24.1. The standard InChI is InChI=1S/C28H38FNO6/c1-16(2)23-21(24(30-25(23)26(32)33)17-8-10-18(29)11-9-17)13-12-19-14-20(35-28(6,7)34-19)15-22(31)36-27(3,4)5/h8-11,16,19-21H,12-15H2,1-7H3,(H,32,33)/t19-,20-,21?/m1/s1. The average Bonchev–Trinajstić information content (AvgIpc) is 3.10. The van der Waals surface area contributed by atoms with Crippen LogP contribution in [0.4, 0.5) is 4.39 Å². The first-order valence-corrected chi connectivity index (χ1v) is 12.5. The number of allylic oxidation sites excluding steroid dienone is 1. The first-order valence-electron chi connectivity index (χ1n) is 12.5. The predicted octanol–water partition coefficient (Wildman–Crippen LogP) is 5.66. The zero-order chi connectivity index (χ0) is 26.8. The summed E-state index contributed by atoms with van der Waals surface area (Å²) in [6, 6.07) is 5.98. The van der Waals surface area contributed by atoms with Gasteiger partial charge in [0.2, 0.25) is 0 Å². The van der Waals surface area contributed by atoms with Crippen molar-refractivity contribution in [3.63, 3.8) is 0 Å². The number of halogens is 1. The molecule has 0 bridgehead atoms. The van der Waals surface area contributed by atoms with Crippen LogP contribution in [0.5, 0.6) is 0 Å². The summed E-state index contributed by atoms with van der Waals surface area (Å²) in [5.41, 5.74) is 1.58. The quantitative estimate of drug-likeness (QED) is 0.460. The van der Waals surface area contributed by atoms with Crippen molar-refractivity contribution < 1.29 is 33.3 Å². The largest absolute Gasteiger partial charge is 0.477 e. The van der Waals surface area contributed by atoms with Gasteiger partial charge in [-0.15, -0.1) is 0 Å². The molecule has 1 aromatic rings. The number of rotatable bonds is 8. The topological polar surface area (TPSA) is 94.4 Å². The van der Waals surface area contributed by atoms with Gasteiger partial charge in [0.1, 0.15) is 17.1 Å². The number of benzene rings is 1. The molecule has 0 spiro atoms. The van der Waals surface area contributed by atoms with E-state index >= 15 is 0 Å². The van der Waals surface area contributed by atoms with E-state index in [2.05, 4.69) is 4.99 Å². The highest BCUT2D eigenvalue weighted by molar-refractivity contribution is 6.10. The lowest BCUT2D eigenvalue weighted by Gasteiger charge is -2.41. The Morgan fingerprint density at radius 3 is 2.31 bits per heavy atom. The predicted molar refractivity (Wildman–Crippen MR) is 134 cm³/mol. The van der Waals surface area contributed by atoms with Gasteiger partial charge in [-0.1, -0.05) is 26.0 Å². The van der Waals surface area contributed by atoms with E-state index in [0.717, 1.165) is 5.57 Å². The molecule has 2 aliphatic rings. The molecule has 0 amide bonds. The van der Waals surface area contributed by atoms with E-state index in [4.69, 9.17) is 14.2 Å². The SMILES string of the molecule is CC(C)C1=C(C(=O)O)N=C(c2ccc(F)cc2)C1CC[C@@H]1C[C@H](CC(=O)OC(C)(C)C)OC(C)(C)O1. The Bertz CT molecular complexity index is 1040. The van der Waals surface area contributed by atoms with E-state index in [9.17, 15) is 19.1 Å². The number of carbonyl (C=O) groups is 2. The summed E-state index contributed by atoms with van der Waals surface area (Å²) in [5, 5.41) is 9.83. The van der Waals surface area contributed by atoms with Crippen LogP contribution in [0, 0.1) is 17.7 Å². The summed E-state index contributed by atoms with van der Waals surface area (Å²) >= 11 is 0. The molecule has 0 aliphatic carbocycles. The van der Waals surface area contributed by atoms with E-state index in [1.54, 1.807) is 12.1 Å². The molecule has 1 unspecified atom stereocenters. The Hall–Kier alpha value is -2.58. The van der Waals surface area contributed by atoms with E-state index < -0.39 is 17.4 Å². The number of aliphatic carboxylic acids is 1. The van der Waals surface area contributed by atoms with Crippen LogP contribution < -0.4 is 0 Å². The molecule has 2 heterocycles. The van der Waals surface area contributed by atoms with Crippen LogP contribution in [0.1, 0.15) is 79.7 Å². The number of aliphatic imine (C=N–C) groups is 1. The third-order valence-corrected chi connectivity index (χ3v) is 6.19. The van der Waals surface area contributed by atoms with Crippen LogP contribution >= 0.6 is 0 Å². The summed E-state index contributed by atoms with van der Waals surface area (Å²) in [4.78, 5) is 28.9. The van der Waals surface area contributed by atoms with Crippen molar-refractivity contribution in [1.82, 2.24) is 0 Å². The van der Waals surface area contributed by atoms with Gasteiger partial charge in [-0.2, -0.15) is 0 Å². The molecule has 0 aromatic heterocycles. The molecule has 1 N–H and O–H groups in total. The first kappa shape index (κ1) is 28.0. The molecule has 36 heavy (non-hydrogen) atoms. The van der Waals surface area contributed by atoms with Crippen molar-refractivity contribution in [2.24, 2.45) is 16.8 Å². The van der Waals surface area contributed by atoms with E-state index in [1.165, 1.54) is 12.1 Å². The molecule has 1 saturated heterocycles. The van der Waals surface area contributed by atoms with Crippen molar-refractivity contribution in [3.05, 3.63) is 46.9 Å². The molecular weight excluding hydrogens is 465 g/mol. The zero-order valence-electron chi connectivity index (χ0n) is 22.3. The molecule has 8 heteroatoms. The highest BCUT2D eigenvalue weighted by atomic mass is 19.1. The maximum atomic E-state index is 13.6. The number of carboxylic acid groups (broad SMARTS) is 1. The van der Waals surface area contributed by atoms with Gasteiger partial charge in [0.15, 0.2) is 5.79 Å². The van der Waals surface area contributed by atoms with Gasteiger partial charge in [0.05, 0.1) is 24.3 Å². The number of ether oxygens (including phenoxy) is 3. The summed E-state index contributed by atoms with van der Waals surface area (Å²) in [5.74, 6) is -2.89. The molecule has 1 aromatic carbocycles. The minimum Gasteiger partial charge on any atom is -0.477 e. The van der Waals surface area contributed by atoms with Gasteiger partial charge in [-0.25, -0.2) is 14.2 Å². The summed E-state index contributed by atoms with van der Waals surface area (Å²) in [6.45, 7) is 13.0. The molecule has 7 nitrogen and oxygen atoms in total. The fraction of sp³-hybridized carbons (Fsp3) is 0.607. The summed E-state index contributed by atoms with van der Waals surface area (Å²) in [6.07, 6.45) is 1.32. The van der Waals surface area contributed by atoms with Gasteiger partial charge < -0.3 is 19.3 Å². The van der Waals surface area contributed by atoms with Crippen LogP contribution in [0.25, 0.3) is 0 Å². The van der Waals surface area contributed by atoms with Crippen molar-refractivity contribution in [3.8, 4) is 0 Å². The van der Waals surface area contributed by atoms with Gasteiger partial charge in [0.25, 0.3) is 0 Å². The third-order valence-electron chi connectivity index (χ3n) is 6.19. The van der Waals surface area contributed by atoms with Crippen LogP contribution in [0.2, 0.25) is 0 Å². The van der Waals surface area contributed by atoms with Crippen molar-refractivity contribution >= 4 is 17.7 Å². The molecule has 0 saturated carbocycles. The van der Waals surface area contributed by atoms with Crippen LogP contribution in [-0.2, 0) is 23.8 Å². The number of hydrogen-bond donors (Lipinski definition) is 1. The van der Waals surface area contributed by atoms with E-state index in [0.29, 0.717) is 30.5 Å². The Kier molecular flexibility index (Phi) is 8.41. The minimum atomic E-state index is -1.07. The lowest BCUT2D eigenvalue weighted by atomic mass is 9.81. The van der Waals surface area contributed by atoms with Gasteiger partial charge in [-0.05, 0) is 76.6 Å². The Morgan fingerprint density at radius 2 is 1.75 bits per heavy atom. The molecule has 3 atom stereocenters. The second-order valence-electron chi connectivity index (χ2n) is 11.3. The monoisotopic (exact) mass is 503 g/mol. The van der Waals surface area contributed by atoms with Gasteiger partial charge >= 0.3 is 11.9 Å². The summed E-state index contributed by atoms with van der Waals surface area (Å²) < 4.78 is 31.2. The Labute approximate surface area is 212 Å². The first-order chi connectivity index (χ1) is 16.6. The van der Waals surface area contributed by atoms with Crippen LogP contribution in [0.15, 0.2) is 40.5 Å². The van der Waals surface area contributed by atoms with Crippen molar-refractivity contribution in [1.29, 1.82) is 0 Å². The fourth-order valence-corrected chi connectivity index (χ4v) is 5.04. The maximum absolute atomic E-state index is 13.6. The van der Waals surface area contributed by atoms with Crippen molar-refractivity contribution in [2.75, 3.05) is 0 Å². The van der Waals surface area contributed by atoms with Gasteiger partial charge in [0, 0.05) is 12.3 Å². The molecule has 3 rings (SSSR count). The number of nitrogens with zero attached hydrogens (tertiary/aromatic N) is 1. The summed E-state index contributed by atoms with van der Waals surface area (Å²) in [7, 11) is 0. The number of hydrogen-bond acceptors (Lipinski definition) is 6. The van der Waals surface area contributed by atoms with E-state index in [-0.39, 0.29) is 47.9 Å². The molecule has 1 fully saturated rings. The Morgan fingerprint density at radius 1 is 1.14 bits per heavy atom. The molecule has 0 radical (unpaired) electrons. The molecular formula is C28H38FNO6. The smallest absolute Gasteiger partial charge is 0.354 e. The van der Waals surface area contributed by atoms with Crippen molar-refractivity contribution in [2.45, 2.75) is 97.7 Å². The zero-order valence-corrected chi connectivity index (χ0v) is 22.3. The fourth-order valence-electron chi connectivity index (χ4n) is 5.04. The average molecular weight is 504 g/mol. The number of carboxylic acids is 1. The molecule has 2 aliphatic heterocycles. The second-order valence-corrected chi connectivity index (χ2v) is 11.3. The number of carbonyl (C=O) groups excluding carboxylic acids is 1. The molecule has 198 valence electrons. The highest BCUT2D eigenvalue weighted by Crippen LogP contribution is 2.39. The Balaban J connectivity index is 1.79. The maximum Gasteiger partial charge on any atom is 0.354 e. The van der Waals surface area contributed by atoms with Gasteiger partial charge in [-0.3, -0.25) is 4.79 Å². The second kappa shape index (κ2) is 10.8. The minimum absolute atomic E-state index is 0.0326. The lowest BCUT2D eigenvalue weighted by molar-refractivity contribution is -0.301. The van der Waals surface area contributed by atoms with Crippen LogP contribution in [-0.4, -0.2) is 46.4 Å².